The quantitative estimate of drug-likeness (QED) is 0.455. The Morgan fingerprint density at radius 3 is 2.65 bits per heavy atom. The molecule has 0 atom stereocenters. The fourth-order valence-electron chi connectivity index (χ4n) is 2.97. The molecule has 1 aromatic rings. The molecule has 0 spiro atoms. The monoisotopic (exact) mass is 475 g/mol. The Balaban J connectivity index is 1.90. The zero-order valence-electron chi connectivity index (χ0n) is 12.2. The van der Waals surface area contributed by atoms with Crippen molar-refractivity contribution in [3.63, 3.8) is 0 Å². The molecule has 2 fully saturated rings. The summed E-state index contributed by atoms with van der Waals surface area (Å²) < 4.78 is 2.04. The average Bonchev–Trinajstić information content (AvgIpc) is 2.79. The Morgan fingerprint density at radius 1 is 1.26 bits per heavy atom. The van der Waals surface area contributed by atoms with Crippen molar-refractivity contribution in [2.24, 2.45) is 0 Å². The van der Waals surface area contributed by atoms with Crippen LogP contribution in [0.1, 0.15) is 37.7 Å². The van der Waals surface area contributed by atoms with Crippen molar-refractivity contribution in [1.82, 2.24) is 4.90 Å². The summed E-state index contributed by atoms with van der Waals surface area (Å²) in [4.78, 5) is 15.1. The average molecular weight is 477 g/mol. The number of aromatic hydroxyl groups is 1. The molecule has 1 saturated carbocycles. The summed E-state index contributed by atoms with van der Waals surface area (Å²) in [5.41, 5.74) is 0.593. The second-order valence-electron chi connectivity index (χ2n) is 5.67. The van der Waals surface area contributed by atoms with Gasteiger partial charge in [-0.3, -0.25) is 9.69 Å². The van der Waals surface area contributed by atoms with Gasteiger partial charge in [0.05, 0.1) is 9.38 Å². The van der Waals surface area contributed by atoms with Crippen molar-refractivity contribution in [2.75, 3.05) is 0 Å². The molecule has 0 aromatic heterocycles. The minimum atomic E-state index is -0.0394. The van der Waals surface area contributed by atoms with E-state index in [1.165, 1.54) is 18.2 Å². The van der Waals surface area contributed by atoms with Gasteiger partial charge in [-0.15, -0.1) is 0 Å². The van der Waals surface area contributed by atoms with E-state index in [1.807, 2.05) is 0 Å². The molecule has 3 nitrogen and oxygen atoms in total. The third kappa shape index (κ3) is 3.67. The maximum atomic E-state index is 12.7. The van der Waals surface area contributed by atoms with Crippen LogP contribution < -0.4 is 0 Å². The van der Waals surface area contributed by atoms with Crippen LogP contribution in [0.5, 0.6) is 5.75 Å². The molecular weight excluding hydrogens is 462 g/mol. The molecule has 1 aliphatic carbocycles. The van der Waals surface area contributed by atoms with E-state index >= 15 is 0 Å². The number of thioether (sulfide) groups is 1. The number of amides is 1. The highest BCUT2D eigenvalue weighted by Crippen LogP contribution is 2.39. The van der Waals surface area contributed by atoms with Gasteiger partial charge in [-0.1, -0.05) is 59.2 Å². The number of phenols is 1. The Labute approximate surface area is 161 Å². The maximum Gasteiger partial charge on any atom is 0.266 e. The van der Waals surface area contributed by atoms with Gasteiger partial charge in [-0.05, 0) is 47.0 Å². The number of hydrogen-bond donors (Lipinski definition) is 1. The minimum absolute atomic E-state index is 0.0394. The number of nitrogens with zero attached hydrogens (tertiary/aromatic N) is 1. The van der Waals surface area contributed by atoms with E-state index in [0.29, 0.717) is 19.3 Å². The second-order valence-corrected chi connectivity index (χ2v) is 9.11. The van der Waals surface area contributed by atoms with Crippen LogP contribution in [0.4, 0.5) is 0 Å². The summed E-state index contributed by atoms with van der Waals surface area (Å²) in [6, 6.07) is 3.78. The lowest BCUT2D eigenvalue weighted by atomic mass is 9.94. The minimum Gasteiger partial charge on any atom is -0.506 e. The molecule has 1 saturated heterocycles. The summed E-state index contributed by atoms with van der Waals surface area (Å²) in [7, 11) is 0. The molecule has 1 aliphatic heterocycles. The van der Waals surface area contributed by atoms with Gasteiger partial charge in [0, 0.05) is 16.1 Å². The number of carbonyl (C=O) groups is 1. The number of benzene rings is 1. The highest BCUT2D eigenvalue weighted by molar-refractivity contribution is 9.11. The summed E-state index contributed by atoms with van der Waals surface area (Å²) in [5.74, 6) is 0.0820. The van der Waals surface area contributed by atoms with Crippen LogP contribution in [0.15, 0.2) is 26.0 Å². The van der Waals surface area contributed by atoms with Gasteiger partial charge < -0.3 is 5.11 Å². The van der Waals surface area contributed by atoms with Gasteiger partial charge in [0.2, 0.25) is 0 Å². The maximum absolute atomic E-state index is 12.7. The van der Waals surface area contributed by atoms with Crippen LogP contribution in [0, 0.1) is 0 Å². The first-order valence-corrected chi connectivity index (χ1v) is 10.2. The smallest absolute Gasteiger partial charge is 0.266 e. The van der Waals surface area contributed by atoms with Crippen LogP contribution >= 0.6 is 55.8 Å². The molecule has 3 rings (SSSR count). The number of rotatable bonds is 2. The van der Waals surface area contributed by atoms with Crippen LogP contribution in [0.25, 0.3) is 6.08 Å². The Kier molecular flexibility index (Phi) is 5.50. The predicted octanol–water partition coefficient (Wildman–Crippen LogP) is 5.45. The van der Waals surface area contributed by atoms with Crippen LogP contribution in [0.3, 0.4) is 0 Å². The van der Waals surface area contributed by atoms with Gasteiger partial charge in [0.1, 0.15) is 10.1 Å². The van der Waals surface area contributed by atoms with E-state index < -0.39 is 0 Å². The normalized spacial score (nSPS) is 21.5. The van der Waals surface area contributed by atoms with Crippen molar-refractivity contribution in [3.8, 4) is 5.75 Å². The van der Waals surface area contributed by atoms with Gasteiger partial charge in [0.15, 0.2) is 0 Å². The molecular formula is C16H15Br2NO2S2. The van der Waals surface area contributed by atoms with E-state index in [0.717, 1.165) is 30.2 Å². The van der Waals surface area contributed by atoms with E-state index in [2.05, 4.69) is 31.9 Å². The molecule has 1 N–H and O–H groups in total. The summed E-state index contributed by atoms with van der Waals surface area (Å²) in [5, 5.41) is 10.2. The molecule has 1 aromatic carbocycles. The van der Waals surface area contributed by atoms with E-state index in [4.69, 9.17) is 12.2 Å². The molecule has 23 heavy (non-hydrogen) atoms. The number of hydrogen-bond acceptors (Lipinski definition) is 4. The predicted molar refractivity (Wildman–Crippen MR) is 105 cm³/mol. The Hall–Kier alpha value is -0.370. The molecule has 122 valence electrons. The van der Waals surface area contributed by atoms with Gasteiger partial charge in [-0.25, -0.2) is 0 Å². The van der Waals surface area contributed by atoms with Crippen molar-refractivity contribution >= 4 is 72.1 Å². The summed E-state index contributed by atoms with van der Waals surface area (Å²) in [6.07, 6.45) is 7.30. The van der Waals surface area contributed by atoms with Crippen molar-refractivity contribution < 1.29 is 9.90 Å². The number of carbonyl (C=O) groups excluding carboxylic acids is 1. The van der Waals surface area contributed by atoms with Gasteiger partial charge in [0.25, 0.3) is 5.91 Å². The fourth-order valence-corrected chi connectivity index (χ4v) is 5.62. The first-order chi connectivity index (χ1) is 11.0. The zero-order valence-corrected chi connectivity index (χ0v) is 17.0. The lowest BCUT2D eigenvalue weighted by Crippen LogP contribution is -2.39. The van der Waals surface area contributed by atoms with Crippen LogP contribution in [0.2, 0.25) is 0 Å². The third-order valence-corrected chi connectivity index (χ3v) is 6.50. The molecule has 0 unspecified atom stereocenters. The largest absolute Gasteiger partial charge is 0.506 e. The Morgan fingerprint density at radius 2 is 1.96 bits per heavy atom. The summed E-state index contributed by atoms with van der Waals surface area (Å²) in [6.45, 7) is 0. The highest BCUT2D eigenvalue weighted by Gasteiger charge is 2.37. The first-order valence-electron chi connectivity index (χ1n) is 7.42. The standard InChI is InChI=1S/C16H15Br2NO2S2/c17-10-6-9(14(20)12(18)8-10)7-13-15(21)19(16(22)23-13)11-4-2-1-3-5-11/h6-8,11,20H,1-5H2/b13-7-. The van der Waals surface area contributed by atoms with Gasteiger partial charge >= 0.3 is 0 Å². The van der Waals surface area contributed by atoms with Gasteiger partial charge in [-0.2, -0.15) is 0 Å². The molecule has 1 amide bonds. The topological polar surface area (TPSA) is 40.5 Å². The zero-order chi connectivity index (χ0) is 16.6. The Bertz CT molecular complexity index is 700. The lowest BCUT2D eigenvalue weighted by molar-refractivity contribution is -0.124. The SMILES string of the molecule is O=C1/C(=C/c2cc(Br)cc(Br)c2O)SC(=S)N1C1CCCCC1. The number of halogens is 2. The first kappa shape index (κ1) is 17.5. The van der Waals surface area contributed by atoms with E-state index in [1.54, 1.807) is 23.1 Å². The third-order valence-electron chi connectivity index (χ3n) is 4.11. The molecule has 0 bridgehead atoms. The van der Waals surface area contributed by atoms with E-state index in [-0.39, 0.29) is 17.7 Å². The molecule has 1 heterocycles. The molecule has 0 radical (unpaired) electrons. The fraction of sp³-hybridized carbons (Fsp3) is 0.375. The van der Waals surface area contributed by atoms with Crippen molar-refractivity contribution in [3.05, 3.63) is 31.5 Å². The van der Waals surface area contributed by atoms with Crippen LogP contribution in [-0.4, -0.2) is 26.3 Å². The molecule has 7 heteroatoms. The van der Waals surface area contributed by atoms with E-state index in [9.17, 15) is 9.90 Å². The van der Waals surface area contributed by atoms with Crippen LogP contribution in [-0.2, 0) is 4.79 Å². The number of phenolic OH excluding ortho intramolecular Hbond substituents is 1. The van der Waals surface area contributed by atoms with Crippen molar-refractivity contribution in [1.29, 1.82) is 0 Å². The second kappa shape index (κ2) is 7.25. The summed E-state index contributed by atoms with van der Waals surface area (Å²) >= 11 is 13.5. The highest BCUT2D eigenvalue weighted by atomic mass is 79.9. The number of thiocarbonyl (C=S) groups is 1. The lowest BCUT2D eigenvalue weighted by Gasteiger charge is -2.29. The molecule has 2 aliphatic rings. The van der Waals surface area contributed by atoms with Crippen molar-refractivity contribution in [2.45, 2.75) is 38.1 Å².